The summed E-state index contributed by atoms with van der Waals surface area (Å²) in [6, 6.07) is 92.8. The van der Waals surface area contributed by atoms with Crippen LogP contribution in [0.2, 0.25) is 0 Å². The molecule has 2 heterocycles. The summed E-state index contributed by atoms with van der Waals surface area (Å²) in [4.78, 5) is 12.5. The van der Waals surface area contributed by atoms with E-state index in [9.17, 15) is 0 Å². The molecule has 11 aromatic carbocycles. The summed E-state index contributed by atoms with van der Waals surface area (Å²) >= 11 is 3.65. The van der Waals surface area contributed by atoms with Gasteiger partial charge in [0.1, 0.15) is 5.01 Å². The van der Waals surface area contributed by atoms with Gasteiger partial charge < -0.3 is 9.80 Å². The summed E-state index contributed by atoms with van der Waals surface area (Å²) in [7, 11) is 0. The number of hydrogen-bond acceptors (Lipinski definition) is 5. The Hall–Kier alpha value is -8.48. The van der Waals surface area contributed by atoms with Gasteiger partial charge in [0, 0.05) is 49.5 Å². The van der Waals surface area contributed by atoms with Gasteiger partial charge in [-0.2, -0.15) is 0 Å². The van der Waals surface area contributed by atoms with Gasteiger partial charge in [-0.3, -0.25) is 0 Å². The van der Waals surface area contributed by atoms with Crippen molar-refractivity contribution in [2.45, 2.75) is 24.7 Å². The predicted molar refractivity (Wildman–Crippen MR) is 314 cm³/mol. The maximum Gasteiger partial charge on any atom is 0.124 e. The molecule has 12 aromatic rings. The molecule has 0 spiro atoms. The van der Waals surface area contributed by atoms with E-state index in [1.807, 2.05) is 11.8 Å². The lowest BCUT2D eigenvalue weighted by Gasteiger charge is -2.27. The zero-order valence-electron chi connectivity index (χ0n) is 40.3. The fourth-order valence-electron chi connectivity index (χ4n) is 10.4. The zero-order chi connectivity index (χ0) is 48.7. The van der Waals surface area contributed by atoms with Crippen LogP contribution >= 0.6 is 23.1 Å². The first-order valence-electron chi connectivity index (χ1n) is 25.0. The van der Waals surface area contributed by atoms with Crippen LogP contribution in [0.4, 0.5) is 34.1 Å². The van der Waals surface area contributed by atoms with E-state index in [-0.39, 0.29) is 0 Å². The lowest BCUT2D eigenvalue weighted by Crippen LogP contribution is -2.10. The monoisotopic (exact) mass is 971 g/mol. The molecule has 0 N–H and O–H groups in total. The van der Waals surface area contributed by atoms with Crippen molar-refractivity contribution in [2.75, 3.05) is 9.80 Å². The fourth-order valence-corrected chi connectivity index (χ4v) is 12.6. The van der Waals surface area contributed by atoms with Gasteiger partial charge in [0.2, 0.25) is 0 Å². The number of fused-ring (bicyclic) bond motifs is 5. The van der Waals surface area contributed by atoms with E-state index in [1.165, 1.54) is 70.3 Å². The third kappa shape index (κ3) is 8.77. The summed E-state index contributed by atoms with van der Waals surface area (Å²) in [5, 5.41) is 5.83. The number of nitrogens with zero attached hydrogens (tertiary/aromatic N) is 3. The van der Waals surface area contributed by atoms with Crippen LogP contribution in [0, 0.1) is 0 Å². The molecule has 0 aliphatic carbocycles. The quantitative estimate of drug-likeness (QED) is 0.127. The molecule has 0 saturated heterocycles. The molecule has 1 aliphatic rings. The van der Waals surface area contributed by atoms with E-state index in [0.717, 1.165) is 67.8 Å². The second kappa shape index (κ2) is 19.3. The van der Waals surface area contributed by atoms with Crippen LogP contribution in [-0.4, -0.2) is 4.98 Å². The first kappa shape index (κ1) is 44.5. The second-order valence-corrected chi connectivity index (χ2v) is 20.9. The predicted octanol–water partition coefficient (Wildman–Crippen LogP) is 20.0. The van der Waals surface area contributed by atoms with Crippen LogP contribution in [0.15, 0.2) is 265 Å². The van der Waals surface area contributed by atoms with Crippen LogP contribution in [0.25, 0.3) is 69.5 Å². The van der Waals surface area contributed by atoms with Crippen LogP contribution in [0.5, 0.6) is 0 Å². The van der Waals surface area contributed by atoms with Gasteiger partial charge in [0.05, 0.1) is 10.2 Å². The lowest BCUT2D eigenvalue weighted by molar-refractivity contribution is 0.929. The summed E-state index contributed by atoms with van der Waals surface area (Å²) in [6.07, 6.45) is 2.07. The van der Waals surface area contributed by atoms with Crippen molar-refractivity contribution in [2.24, 2.45) is 0 Å². The van der Waals surface area contributed by atoms with Crippen LogP contribution in [0.1, 0.15) is 24.5 Å². The number of rotatable bonds is 10. The highest BCUT2D eigenvalue weighted by molar-refractivity contribution is 8.08. The molecule has 1 aliphatic heterocycles. The Morgan fingerprint density at radius 2 is 0.808 bits per heavy atom. The molecule has 3 nitrogen and oxygen atoms in total. The normalized spacial score (nSPS) is 12.5. The van der Waals surface area contributed by atoms with Gasteiger partial charge in [-0.05, 0) is 154 Å². The molecular weight excluding hydrogens is 923 g/mol. The van der Waals surface area contributed by atoms with Crippen LogP contribution < -0.4 is 9.80 Å². The highest BCUT2D eigenvalue weighted by Crippen LogP contribution is 2.47. The molecule has 73 heavy (non-hydrogen) atoms. The first-order valence-corrected chi connectivity index (χ1v) is 26.6. The van der Waals surface area contributed by atoms with Gasteiger partial charge in [-0.15, -0.1) is 11.3 Å². The first-order chi connectivity index (χ1) is 36.1. The van der Waals surface area contributed by atoms with Gasteiger partial charge in [0.25, 0.3) is 0 Å². The number of anilines is 6. The van der Waals surface area contributed by atoms with E-state index in [2.05, 4.69) is 272 Å². The molecular formula is C68H49N3S2. The SMILES string of the molecule is CC1=C(c2ccccc2)Sc2cc(N(c3ccc(-c4ccccc4)cc3)c3ccc4c(ccc5cc(N(c6ccc(-c7ccccc7)cc6)c6ccc7nc(-c8ccccc8)sc7c6)ccc54)c3)ccc2CC1. The number of allylic oxidation sites excluding steroid dienone is 1. The molecule has 0 saturated carbocycles. The fraction of sp³-hybridized carbons (Fsp3) is 0.0441. The van der Waals surface area contributed by atoms with E-state index in [0.29, 0.717) is 0 Å². The Balaban J connectivity index is 0.892. The summed E-state index contributed by atoms with van der Waals surface area (Å²) in [5.74, 6) is 0. The summed E-state index contributed by atoms with van der Waals surface area (Å²) in [6.45, 7) is 2.30. The molecule has 0 radical (unpaired) electrons. The number of hydrogen-bond donors (Lipinski definition) is 0. The number of aromatic nitrogens is 1. The summed E-state index contributed by atoms with van der Waals surface area (Å²) in [5.41, 5.74) is 17.7. The Labute approximate surface area is 435 Å². The van der Waals surface area contributed by atoms with Gasteiger partial charge in [0.15, 0.2) is 0 Å². The van der Waals surface area contributed by atoms with E-state index in [4.69, 9.17) is 4.98 Å². The molecule has 0 bridgehead atoms. The molecule has 0 unspecified atom stereocenters. The van der Waals surface area contributed by atoms with Crippen molar-refractivity contribution in [1.82, 2.24) is 4.98 Å². The van der Waals surface area contributed by atoms with Crippen LogP contribution in [-0.2, 0) is 6.42 Å². The Morgan fingerprint density at radius 1 is 0.370 bits per heavy atom. The molecule has 0 amide bonds. The highest BCUT2D eigenvalue weighted by atomic mass is 32.2. The molecule has 13 rings (SSSR count). The third-order valence-corrected chi connectivity index (χ3v) is 16.6. The minimum absolute atomic E-state index is 1.00. The average molecular weight is 972 g/mol. The van der Waals surface area contributed by atoms with Crippen molar-refractivity contribution in [3.8, 4) is 32.8 Å². The lowest BCUT2D eigenvalue weighted by atomic mass is 9.99. The third-order valence-electron chi connectivity index (χ3n) is 14.1. The molecule has 0 atom stereocenters. The molecule has 1 aromatic heterocycles. The van der Waals surface area contributed by atoms with Gasteiger partial charge in [-0.1, -0.05) is 193 Å². The number of thioether (sulfide) groups is 1. The minimum atomic E-state index is 1.00. The van der Waals surface area contributed by atoms with E-state index in [1.54, 1.807) is 11.3 Å². The highest BCUT2D eigenvalue weighted by Gasteiger charge is 2.21. The van der Waals surface area contributed by atoms with E-state index < -0.39 is 0 Å². The smallest absolute Gasteiger partial charge is 0.124 e. The topological polar surface area (TPSA) is 19.4 Å². The maximum atomic E-state index is 5.04. The van der Waals surface area contributed by atoms with Crippen molar-refractivity contribution in [3.05, 3.63) is 271 Å². The number of aryl methyl sites for hydroxylation is 1. The van der Waals surface area contributed by atoms with Crippen molar-refractivity contribution in [3.63, 3.8) is 0 Å². The van der Waals surface area contributed by atoms with E-state index >= 15 is 0 Å². The van der Waals surface area contributed by atoms with Gasteiger partial charge >= 0.3 is 0 Å². The Kier molecular flexibility index (Phi) is 11.7. The second-order valence-electron chi connectivity index (χ2n) is 18.8. The summed E-state index contributed by atoms with van der Waals surface area (Å²) < 4.78 is 1.15. The number of thiazole rings is 1. The van der Waals surface area contributed by atoms with Crippen molar-refractivity contribution < 1.29 is 0 Å². The zero-order valence-corrected chi connectivity index (χ0v) is 42.0. The largest absolute Gasteiger partial charge is 0.310 e. The van der Waals surface area contributed by atoms with Crippen LogP contribution in [0.3, 0.4) is 0 Å². The molecule has 0 fully saturated rings. The van der Waals surface area contributed by atoms with Crippen molar-refractivity contribution >= 4 is 93.9 Å². The minimum Gasteiger partial charge on any atom is -0.310 e. The Bertz CT molecular complexity index is 3980. The molecule has 348 valence electrons. The Morgan fingerprint density at radius 3 is 1.36 bits per heavy atom. The number of benzene rings is 11. The van der Waals surface area contributed by atoms with Crippen molar-refractivity contribution in [1.29, 1.82) is 0 Å². The standard InChI is InChI=1S/C68H49N3S2/c1-46-22-23-51-30-35-60(44-65(51)72-67(46)52-18-10-4-11-19-52)70(56-31-26-49(27-32-56)47-14-6-2-7-15-47)58-36-39-62-54(42-58)24-25-55-43-59(37-40-63(55)62)71(57-33-28-50(29-34-57)48-16-8-3-9-17-48)61-38-41-64-66(45-61)73-68(69-64)53-20-12-5-13-21-53/h2-21,24-45H,22-23H2,1H3. The maximum absolute atomic E-state index is 5.04. The average Bonchev–Trinajstić information content (AvgIpc) is 3.82. The molecule has 5 heteroatoms. The van der Waals surface area contributed by atoms with Gasteiger partial charge in [-0.25, -0.2) is 4.98 Å².